The molecule has 1 heterocycles. The highest BCUT2D eigenvalue weighted by Crippen LogP contribution is 2.30. The standard InChI is InChI=1S/C18H26N2O3S/c1-13-6-3-4-8-16(13)19-18(21)15-9-10-17-14(12-15)7-5-11-20(17)24(2,22)23/h9-10,12-13,16H,3-8,11H2,1-2H3,(H,19,21)/t13-,16-/m0/s1. The third kappa shape index (κ3) is 3.58. The van der Waals surface area contributed by atoms with Crippen LogP contribution in [0.25, 0.3) is 0 Å². The van der Waals surface area contributed by atoms with Gasteiger partial charge in [0.25, 0.3) is 5.91 Å². The highest BCUT2D eigenvalue weighted by Gasteiger charge is 2.26. The van der Waals surface area contributed by atoms with E-state index in [1.807, 2.05) is 6.07 Å². The topological polar surface area (TPSA) is 66.5 Å². The van der Waals surface area contributed by atoms with Crippen LogP contribution in [-0.2, 0) is 16.4 Å². The Morgan fingerprint density at radius 2 is 1.96 bits per heavy atom. The number of hydrogen-bond acceptors (Lipinski definition) is 3. The fraction of sp³-hybridized carbons (Fsp3) is 0.611. The molecule has 0 bridgehead atoms. The fourth-order valence-electron chi connectivity index (χ4n) is 3.83. The van der Waals surface area contributed by atoms with Crippen LogP contribution >= 0.6 is 0 Å². The lowest BCUT2D eigenvalue weighted by Gasteiger charge is -2.31. The molecule has 0 unspecified atom stereocenters. The predicted octanol–water partition coefficient (Wildman–Crippen LogP) is 2.71. The number of nitrogens with one attached hydrogen (secondary N) is 1. The molecular formula is C18H26N2O3S. The summed E-state index contributed by atoms with van der Waals surface area (Å²) >= 11 is 0. The van der Waals surface area contributed by atoms with Crippen LogP contribution in [0.2, 0.25) is 0 Å². The van der Waals surface area contributed by atoms with Crippen molar-refractivity contribution < 1.29 is 13.2 Å². The average molecular weight is 350 g/mol. The largest absolute Gasteiger partial charge is 0.349 e. The lowest BCUT2D eigenvalue weighted by Crippen LogP contribution is -2.41. The van der Waals surface area contributed by atoms with Crippen molar-refractivity contribution >= 4 is 21.6 Å². The third-order valence-corrected chi connectivity index (χ3v) is 6.43. The number of benzene rings is 1. The molecule has 1 aromatic rings. The van der Waals surface area contributed by atoms with E-state index in [4.69, 9.17) is 0 Å². The molecule has 0 radical (unpaired) electrons. The number of nitrogens with zero attached hydrogens (tertiary/aromatic N) is 1. The minimum atomic E-state index is -3.27. The van der Waals surface area contributed by atoms with Crippen molar-refractivity contribution in [3.8, 4) is 0 Å². The van der Waals surface area contributed by atoms with E-state index in [1.54, 1.807) is 12.1 Å². The van der Waals surface area contributed by atoms with Gasteiger partial charge in [-0.05, 0) is 55.4 Å². The van der Waals surface area contributed by atoms with Crippen LogP contribution in [-0.4, -0.2) is 33.2 Å². The molecule has 5 nitrogen and oxygen atoms in total. The van der Waals surface area contributed by atoms with E-state index in [2.05, 4.69) is 12.2 Å². The minimum absolute atomic E-state index is 0.0481. The van der Waals surface area contributed by atoms with Crippen molar-refractivity contribution in [1.29, 1.82) is 0 Å². The molecule has 2 atom stereocenters. The van der Waals surface area contributed by atoms with Gasteiger partial charge in [-0.1, -0.05) is 19.8 Å². The Hall–Kier alpha value is -1.56. The fourth-order valence-corrected chi connectivity index (χ4v) is 4.83. The lowest BCUT2D eigenvalue weighted by molar-refractivity contribution is 0.0910. The van der Waals surface area contributed by atoms with E-state index in [0.29, 0.717) is 23.7 Å². The Labute approximate surface area is 144 Å². The first-order valence-electron chi connectivity index (χ1n) is 8.78. The molecule has 132 valence electrons. The van der Waals surface area contributed by atoms with Gasteiger partial charge in [0, 0.05) is 18.2 Å². The number of anilines is 1. The molecule has 1 aliphatic carbocycles. The molecule has 1 amide bonds. The molecule has 0 saturated heterocycles. The minimum Gasteiger partial charge on any atom is -0.349 e. The zero-order valence-electron chi connectivity index (χ0n) is 14.4. The van der Waals surface area contributed by atoms with Crippen LogP contribution in [0.5, 0.6) is 0 Å². The average Bonchev–Trinajstić information content (AvgIpc) is 2.55. The number of rotatable bonds is 3. The Bertz CT molecular complexity index is 730. The summed E-state index contributed by atoms with van der Waals surface area (Å²) in [5, 5.41) is 3.16. The van der Waals surface area contributed by atoms with Gasteiger partial charge in [-0.3, -0.25) is 9.10 Å². The predicted molar refractivity (Wildman–Crippen MR) is 95.8 cm³/mol. The van der Waals surface area contributed by atoms with Crippen LogP contribution in [0.4, 0.5) is 5.69 Å². The smallest absolute Gasteiger partial charge is 0.251 e. The van der Waals surface area contributed by atoms with Crippen molar-refractivity contribution in [3.05, 3.63) is 29.3 Å². The monoisotopic (exact) mass is 350 g/mol. The van der Waals surface area contributed by atoms with E-state index in [-0.39, 0.29) is 11.9 Å². The third-order valence-electron chi connectivity index (χ3n) is 5.25. The van der Waals surface area contributed by atoms with Crippen LogP contribution in [0.15, 0.2) is 18.2 Å². The molecule has 1 aliphatic heterocycles. The van der Waals surface area contributed by atoms with E-state index < -0.39 is 10.0 Å². The first-order chi connectivity index (χ1) is 11.4. The van der Waals surface area contributed by atoms with Gasteiger partial charge in [0.05, 0.1) is 11.9 Å². The molecule has 1 fully saturated rings. The maximum atomic E-state index is 12.6. The van der Waals surface area contributed by atoms with Gasteiger partial charge < -0.3 is 5.32 Å². The molecule has 1 aromatic carbocycles. The van der Waals surface area contributed by atoms with Gasteiger partial charge >= 0.3 is 0 Å². The van der Waals surface area contributed by atoms with Crippen LogP contribution in [0, 0.1) is 5.92 Å². The zero-order valence-corrected chi connectivity index (χ0v) is 15.2. The zero-order chi connectivity index (χ0) is 17.3. The Kier molecular flexibility index (Phi) is 4.85. The van der Waals surface area contributed by atoms with E-state index in [9.17, 15) is 13.2 Å². The first kappa shape index (κ1) is 17.3. The van der Waals surface area contributed by atoms with E-state index in [1.165, 1.54) is 29.8 Å². The van der Waals surface area contributed by atoms with Crippen molar-refractivity contribution in [3.63, 3.8) is 0 Å². The molecule has 0 spiro atoms. The Morgan fingerprint density at radius 3 is 2.67 bits per heavy atom. The molecule has 1 saturated carbocycles. The van der Waals surface area contributed by atoms with Gasteiger partial charge in [-0.15, -0.1) is 0 Å². The second kappa shape index (κ2) is 6.75. The quantitative estimate of drug-likeness (QED) is 0.911. The summed E-state index contributed by atoms with van der Waals surface area (Å²) in [4.78, 5) is 12.6. The van der Waals surface area contributed by atoms with Gasteiger partial charge in [-0.2, -0.15) is 0 Å². The normalized spacial score (nSPS) is 24.3. The highest BCUT2D eigenvalue weighted by atomic mass is 32.2. The summed E-state index contributed by atoms with van der Waals surface area (Å²) in [5.41, 5.74) is 2.28. The number of carbonyl (C=O) groups is 1. The molecule has 0 aromatic heterocycles. The molecule has 3 rings (SSSR count). The van der Waals surface area contributed by atoms with Gasteiger partial charge in [0.1, 0.15) is 0 Å². The molecule has 2 aliphatic rings. The van der Waals surface area contributed by atoms with E-state index >= 15 is 0 Å². The summed E-state index contributed by atoms with van der Waals surface area (Å²) in [6, 6.07) is 5.62. The Morgan fingerprint density at radius 1 is 1.21 bits per heavy atom. The maximum Gasteiger partial charge on any atom is 0.251 e. The number of carbonyl (C=O) groups excluding carboxylic acids is 1. The molecular weight excluding hydrogens is 324 g/mol. The summed E-state index contributed by atoms with van der Waals surface area (Å²) < 4.78 is 25.3. The van der Waals surface area contributed by atoms with Crippen molar-refractivity contribution in [2.24, 2.45) is 5.92 Å². The molecule has 6 heteroatoms. The summed E-state index contributed by atoms with van der Waals surface area (Å²) in [6.07, 6.45) is 7.44. The molecule has 1 N–H and O–H groups in total. The van der Waals surface area contributed by atoms with Crippen LogP contribution < -0.4 is 9.62 Å². The summed E-state index contributed by atoms with van der Waals surface area (Å²) in [7, 11) is -3.27. The van der Waals surface area contributed by atoms with Gasteiger partial charge in [0.15, 0.2) is 0 Å². The Balaban J connectivity index is 1.79. The van der Waals surface area contributed by atoms with Crippen LogP contribution in [0.3, 0.4) is 0 Å². The number of aryl methyl sites for hydroxylation is 1. The first-order valence-corrected chi connectivity index (χ1v) is 10.6. The van der Waals surface area contributed by atoms with Crippen molar-refractivity contribution in [1.82, 2.24) is 5.32 Å². The lowest BCUT2D eigenvalue weighted by atomic mass is 9.86. The highest BCUT2D eigenvalue weighted by molar-refractivity contribution is 7.92. The number of fused-ring (bicyclic) bond motifs is 1. The second-order valence-corrected chi connectivity index (χ2v) is 9.03. The maximum absolute atomic E-state index is 12.6. The van der Waals surface area contributed by atoms with Crippen molar-refractivity contribution in [2.45, 2.75) is 51.5 Å². The van der Waals surface area contributed by atoms with Crippen molar-refractivity contribution in [2.75, 3.05) is 17.1 Å². The van der Waals surface area contributed by atoms with Gasteiger partial charge in [-0.25, -0.2) is 8.42 Å². The second-order valence-electron chi connectivity index (χ2n) is 7.12. The number of amides is 1. The van der Waals surface area contributed by atoms with Crippen LogP contribution in [0.1, 0.15) is 54.9 Å². The SMILES string of the molecule is C[C@H]1CCCC[C@@H]1NC(=O)c1ccc2c(c1)CCCN2S(C)(=O)=O. The molecule has 24 heavy (non-hydrogen) atoms. The summed E-state index contributed by atoms with van der Waals surface area (Å²) in [6.45, 7) is 2.71. The number of hydrogen-bond donors (Lipinski definition) is 1. The number of sulfonamides is 1. The van der Waals surface area contributed by atoms with Gasteiger partial charge in [0.2, 0.25) is 10.0 Å². The summed E-state index contributed by atoms with van der Waals surface area (Å²) in [5.74, 6) is 0.467. The van der Waals surface area contributed by atoms with E-state index in [0.717, 1.165) is 24.8 Å².